The van der Waals surface area contributed by atoms with E-state index in [1.165, 1.54) is 6.07 Å². The zero-order chi connectivity index (χ0) is 13.9. The number of hydrogen-bond donors (Lipinski definition) is 0. The molecule has 0 aliphatic rings. The fourth-order valence-electron chi connectivity index (χ4n) is 2.26. The Morgan fingerprint density at radius 1 is 1.00 bits per heavy atom. The standard InChI is InChI=1S/C17H14FNO/c1-20-17-8-6-14-10-13(5-7-16(14)19-17)9-12-3-2-4-15(18)11-12/h2-8,10-11H,9H2,1H3. The third-order valence-corrected chi connectivity index (χ3v) is 3.23. The fourth-order valence-corrected chi connectivity index (χ4v) is 2.26. The Hall–Kier alpha value is -2.42. The predicted molar refractivity (Wildman–Crippen MR) is 77.5 cm³/mol. The highest BCUT2D eigenvalue weighted by Gasteiger charge is 2.02. The van der Waals surface area contributed by atoms with Crippen LogP contribution in [0, 0.1) is 5.82 Å². The normalized spacial score (nSPS) is 10.7. The lowest BCUT2D eigenvalue weighted by atomic mass is 10.0. The molecule has 0 saturated heterocycles. The van der Waals surface area contributed by atoms with Gasteiger partial charge in [-0.05, 0) is 47.9 Å². The molecule has 0 aliphatic heterocycles. The van der Waals surface area contributed by atoms with E-state index in [0.717, 1.165) is 22.0 Å². The molecule has 2 aromatic carbocycles. The number of aromatic nitrogens is 1. The Bertz CT molecular complexity index is 755. The van der Waals surface area contributed by atoms with Gasteiger partial charge in [-0.2, -0.15) is 0 Å². The average molecular weight is 267 g/mol. The fraction of sp³-hybridized carbons (Fsp3) is 0.118. The van der Waals surface area contributed by atoms with Crippen LogP contribution in [0.1, 0.15) is 11.1 Å². The van der Waals surface area contributed by atoms with Crippen molar-refractivity contribution in [2.24, 2.45) is 0 Å². The van der Waals surface area contributed by atoms with Gasteiger partial charge in [0.05, 0.1) is 12.6 Å². The average Bonchev–Trinajstić information content (AvgIpc) is 2.47. The van der Waals surface area contributed by atoms with E-state index in [0.29, 0.717) is 12.3 Å². The van der Waals surface area contributed by atoms with Crippen molar-refractivity contribution in [3.05, 3.63) is 71.5 Å². The van der Waals surface area contributed by atoms with E-state index in [1.54, 1.807) is 19.2 Å². The molecule has 0 N–H and O–H groups in total. The van der Waals surface area contributed by atoms with Crippen LogP contribution in [0.5, 0.6) is 5.88 Å². The van der Waals surface area contributed by atoms with Crippen molar-refractivity contribution in [2.75, 3.05) is 7.11 Å². The molecule has 0 fully saturated rings. The largest absolute Gasteiger partial charge is 0.481 e. The minimum atomic E-state index is -0.199. The first-order valence-electron chi connectivity index (χ1n) is 6.43. The minimum Gasteiger partial charge on any atom is -0.481 e. The summed E-state index contributed by atoms with van der Waals surface area (Å²) < 4.78 is 18.3. The topological polar surface area (TPSA) is 22.1 Å². The number of fused-ring (bicyclic) bond motifs is 1. The van der Waals surface area contributed by atoms with Crippen LogP contribution in [0.2, 0.25) is 0 Å². The molecule has 0 spiro atoms. The highest BCUT2D eigenvalue weighted by molar-refractivity contribution is 5.79. The van der Waals surface area contributed by atoms with Crippen molar-refractivity contribution in [1.82, 2.24) is 4.98 Å². The lowest BCUT2D eigenvalue weighted by Crippen LogP contribution is -1.91. The second kappa shape index (κ2) is 5.29. The molecule has 0 radical (unpaired) electrons. The van der Waals surface area contributed by atoms with Gasteiger partial charge in [0.1, 0.15) is 5.82 Å². The van der Waals surface area contributed by atoms with Crippen LogP contribution in [0.3, 0.4) is 0 Å². The number of ether oxygens (including phenoxy) is 1. The maximum Gasteiger partial charge on any atom is 0.213 e. The molecule has 2 nitrogen and oxygen atoms in total. The third kappa shape index (κ3) is 2.62. The molecular formula is C17H14FNO. The van der Waals surface area contributed by atoms with Gasteiger partial charge in [0.15, 0.2) is 0 Å². The summed E-state index contributed by atoms with van der Waals surface area (Å²) in [5.74, 6) is 0.407. The molecule has 1 aromatic heterocycles. The molecule has 0 atom stereocenters. The molecule has 3 heteroatoms. The Morgan fingerprint density at radius 3 is 2.65 bits per heavy atom. The predicted octanol–water partition coefficient (Wildman–Crippen LogP) is 3.97. The van der Waals surface area contributed by atoms with E-state index < -0.39 is 0 Å². The van der Waals surface area contributed by atoms with Crippen LogP contribution in [0.4, 0.5) is 4.39 Å². The zero-order valence-electron chi connectivity index (χ0n) is 11.1. The van der Waals surface area contributed by atoms with Gasteiger partial charge < -0.3 is 4.74 Å². The molecule has 3 aromatic rings. The Kier molecular flexibility index (Phi) is 3.33. The first kappa shape index (κ1) is 12.6. The Morgan fingerprint density at radius 2 is 1.85 bits per heavy atom. The van der Waals surface area contributed by atoms with E-state index >= 15 is 0 Å². The smallest absolute Gasteiger partial charge is 0.213 e. The lowest BCUT2D eigenvalue weighted by Gasteiger charge is -2.05. The summed E-state index contributed by atoms with van der Waals surface area (Å²) in [5, 5.41) is 1.06. The van der Waals surface area contributed by atoms with E-state index in [-0.39, 0.29) is 5.82 Å². The van der Waals surface area contributed by atoms with Crippen molar-refractivity contribution in [1.29, 1.82) is 0 Å². The van der Waals surface area contributed by atoms with Gasteiger partial charge in [-0.1, -0.05) is 18.2 Å². The monoisotopic (exact) mass is 267 g/mol. The Balaban J connectivity index is 1.93. The molecule has 1 heterocycles. The third-order valence-electron chi connectivity index (χ3n) is 3.23. The number of nitrogens with zero attached hydrogens (tertiary/aromatic N) is 1. The molecular weight excluding hydrogens is 253 g/mol. The summed E-state index contributed by atoms with van der Waals surface area (Å²) in [4.78, 5) is 4.37. The van der Waals surface area contributed by atoms with Crippen LogP contribution in [0.25, 0.3) is 10.9 Å². The second-order valence-electron chi connectivity index (χ2n) is 4.69. The first-order chi connectivity index (χ1) is 9.74. The van der Waals surface area contributed by atoms with Crippen LogP contribution in [0.15, 0.2) is 54.6 Å². The van der Waals surface area contributed by atoms with E-state index in [9.17, 15) is 4.39 Å². The summed E-state index contributed by atoms with van der Waals surface area (Å²) in [7, 11) is 1.60. The van der Waals surface area contributed by atoms with Gasteiger partial charge in [0, 0.05) is 11.5 Å². The van der Waals surface area contributed by atoms with Gasteiger partial charge in [0.25, 0.3) is 0 Å². The first-order valence-corrected chi connectivity index (χ1v) is 6.43. The summed E-state index contributed by atoms with van der Waals surface area (Å²) >= 11 is 0. The molecule has 20 heavy (non-hydrogen) atoms. The second-order valence-corrected chi connectivity index (χ2v) is 4.69. The molecule has 0 saturated carbocycles. The maximum atomic E-state index is 13.2. The van der Waals surface area contributed by atoms with Crippen molar-refractivity contribution < 1.29 is 9.13 Å². The van der Waals surface area contributed by atoms with Crippen LogP contribution in [-0.2, 0) is 6.42 Å². The number of pyridine rings is 1. The SMILES string of the molecule is COc1ccc2cc(Cc3cccc(F)c3)ccc2n1. The number of rotatable bonds is 3. The highest BCUT2D eigenvalue weighted by Crippen LogP contribution is 2.20. The molecule has 0 amide bonds. The van der Waals surface area contributed by atoms with Gasteiger partial charge in [-0.3, -0.25) is 0 Å². The van der Waals surface area contributed by atoms with Gasteiger partial charge >= 0.3 is 0 Å². The van der Waals surface area contributed by atoms with Crippen molar-refractivity contribution >= 4 is 10.9 Å². The van der Waals surface area contributed by atoms with E-state index in [4.69, 9.17) is 4.74 Å². The molecule has 0 unspecified atom stereocenters. The highest BCUT2D eigenvalue weighted by atomic mass is 19.1. The van der Waals surface area contributed by atoms with Crippen molar-refractivity contribution in [3.8, 4) is 5.88 Å². The maximum absolute atomic E-state index is 13.2. The van der Waals surface area contributed by atoms with Gasteiger partial charge in [-0.25, -0.2) is 9.37 Å². The quantitative estimate of drug-likeness (QED) is 0.716. The van der Waals surface area contributed by atoms with Crippen LogP contribution in [-0.4, -0.2) is 12.1 Å². The number of methoxy groups -OCH3 is 1. The summed E-state index contributed by atoms with van der Waals surface area (Å²) in [6, 6.07) is 16.6. The van der Waals surface area contributed by atoms with E-state index in [1.807, 2.05) is 30.3 Å². The van der Waals surface area contributed by atoms with Gasteiger partial charge in [0.2, 0.25) is 5.88 Å². The molecule has 3 rings (SSSR count). The molecule has 100 valence electrons. The van der Waals surface area contributed by atoms with Crippen molar-refractivity contribution in [3.63, 3.8) is 0 Å². The summed E-state index contributed by atoms with van der Waals surface area (Å²) in [5.41, 5.74) is 2.99. The van der Waals surface area contributed by atoms with Gasteiger partial charge in [-0.15, -0.1) is 0 Å². The Labute approximate surface area is 116 Å². The van der Waals surface area contributed by atoms with Crippen LogP contribution >= 0.6 is 0 Å². The summed E-state index contributed by atoms with van der Waals surface area (Å²) in [6.07, 6.45) is 0.708. The van der Waals surface area contributed by atoms with E-state index in [2.05, 4.69) is 11.1 Å². The van der Waals surface area contributed by atoms with Crippen LogP contribution < -0.4 is 4.74 Å². The molecule has 0 bridgehead atoms. The van der Waals surface area contributed by atoms with Crippen molar-refractivity contribution in [2.45, 2.75) is 6.42 Å². The molecule has 0 aliphatic carbocycles. The minimum absolute atomic E-state index is 0.199. The summed E-state index contributed by atoms with van der Waals surface area (Å²) in [6.45, 7) is 0. The number of halogens is 1. The zero-order valence-corrected chi connectivity index (χ0v) is 11.1. The number of hydrogen-bond acceptors (Lipinski definition) is 2. The lowest BCUT2D eigenvalue weighted by molar-refractivity contribution is 0.399. The number of benzene rings is 2.